The molecule has 0 saturated carbocycles. The van der Waals surface area contributed by atoms with Crippen LogP contribution in [0.25, 0.3) is 0 Å². The Hall–Kier alpha value is -4.14. The van der Waals surface area contributed by atoms with Crippen LogP contribution in [0.2, 0.25) is 0 Å². The van der Waals surface area contributed by atoms with Gasteiger partial charge in [-0.2, -0.15) is 4.39 Å². The molecule has 3 N–H and O–H groups in total. The van der Waals surface area contributed by atoms with Gasteiger partial charge in [-0.05, 0) is 18.2 Å². The van der Waals surface area contributed by atoms with Crippen LogP contribution in [0.4, 0.5) is 8.78 Å². The van der Waals surface area contributed by atoms with Crippen molar-refractivity contribution in [1.82, 2.24) is 0 Å². The predicted molar refractivity (Wildman–Crippen MR) is 94.9 cm³/mol. The van der Waals surface area contributed by atoms with Crippen molar-refractivity contribution in [3.8, 4) is 23.0 Å². The molecule has 0 aromatic heterocycles. The number of fused-ring (bicyclic) bond motifs is 6. The minimum absolute atomic E-state index is 0.0476. The van der Waals surface area contributed by atoms with Crippen molar-refractivity contribution >= 4 is 11.9 Å². The van der Waals surface area contributed by atoms with E-state index in [0.29, 0.717) is 0 Å². The first-order valence-corrected chi connectivity index (χ1v) is 8.59. The fourth-order valence-corrected chi connectivity index (χ4v) is 4.00. The number of aromatic hydroxyl groups is 2. The summed E-state index contributed by atoms with van der Waals surface area (Å²) in [5.74, 6) is -8.71. The first-order chi connectivity index (χ1) is 14.3. The van der Waals surface area contributed by atoms with E-state index in [1.54, 1.807) is 12.1 Å². The van der Waals surface area contributed by atoms with Crippen molar-refractivity contribution in [3.63, 3.8) is 0 Å². The molecule has 0 amide bonds. The zero-order valence-corrected chi connectivity index (χ0v) is 14.8. The van der Waals surface area contributed by atoms with Crippen molar-refractivity contribution in [2.24, 2.45) is 0 Å². The largest absolute Gasteiger partial charge is 0.508 e. The van der Waals surface area contributed by atoms with E-state index < -0.39 is 51.8 Å². The highest BCUT2D eigenvalue weighted by Gasteiger charge is 2.57. The predicted octanol–water partition coefficient (Wildman–Crippen LogP) is 3.64. The third-order valence-corrected chi connectivity index (χ3v) is 5.21. The standard InChI is InChI=1S/C21H10F2O7/c22-15-14-18(13(19(26)27)17(25)16(15)23)29-12-7-8(24)5-6-11(12)21(14)10-4-2-1-3-9(10)20(28)30-21/h1-7,24-25H,(H,26,27). The quantitative estimate of drug-likeness (QED) is 0.523. The molecule has 0 fully saturated rings. The SMILES string of the molecule is O=C1OC2(c3ccc(O)cc3Oc3c(C(=O)O)c(O)c(F)c(F)c32)c2ccccc21. The number of ether oxygens (including phenoxy) is 2. The summed E-state index contributed by atoms with van der Waals surface area (Å²) in [5, 5.41) is 29.3. The number of phenols is 2. The molecule has 30 heavy (non-hydrogen) atoms. The van der Waals surface area contributed by atoms with Crippen molar-refractivity contribution < 1.29 is 43.2 Å². The Labute approximate surface area is 166 Å². The second kappa shape index (κ2) is 5.69. The van der Waals surface area contributed by atoms with Gasteiger partial charge in [-0.25, -0.2) is 14.0 Å². The average molecular weight is 412 g/mol. The number of aromatic carboxylic acids is 1. The van der Waals surface area contributed by atoms with Crippen LogP contribution in [0, 0.1) is 11.6 Å². The molecule has 1 atom stereocenters. The van der Waals surface area contributed by atoms with Crippen LogP contribution in [0.1, 0.15) is 37.4 Å². The van der Waals surface area contributed by atoms with Crippen LogP contribution in [-0.2, 0) is 10.3 Å². The first kappa shape index (κ1) is 17.9. The van der Waals surface area contributed by atoms with Gasteiger partial charge in [0.05, 0.1) is 11.1 Å². The van der Waals surface area contributed by atoms with E-state index in [1.165, 1.54) is 24.3 Å². The van der Waals surface area contributed by atoms with Gasteiger partial charge in [-0.1, -0.05) is 18.2 Å². The molecule has 0 saturated heterocycles. The van der Waals surface area contributed by atoms with Crippen molar-refractivity contribution in [2.75, 3.05) is 0 Å². The Kier molecular flexibility index (Phi) is 3.40. The maximum atomic E-state index is 15.2. The molecule has 7 nitrogen and oxygen atoms in total. The third kappa shape index (κ3) is 2.00. The van der Waals surface area contributed by atoms with E-state index in [9.17, 15) is 29.3 Å². The van der Waals surface area contributed by atoms with E-state index in [-0.39, 0.29) is 28.2 Å². The zero-order valence-electron chi connectivity index (χ0n) is 14.8. The number of phenolic OH excluding ortho intramolecular Hbond substituents is 1. The van der Waals surface area contributed by atoms with Gasteiger partial charge < -0.3 is 24.8 Å². The van der Waals surface area contributed by atoms with Crippen LogP contribution in [0.3, 0.4) is 0 Å². The highest BCUT2D eigenvalue weighted by Crippen LogP contribution is 2.59. The van der Waals surface area contributed by atoms with Gasteiger partial charge in [0.25, 0.3) is 0 Å². The second-order valence-electron chi connectivity index (χ2n) is 6.76. The molecular weight excluding hydrogens is 402 g/mol. The van der Waals surface area contributed by atoms with Crippen molar-refractivity contribution in [3.05, 3.63) is 81.9 Å². The summed E-state index contributed by atoms with van der Waals surface area (Å²) in [6.45, 7) is 0. The Morgan fingerprint density at radius 2 is 1.73 bits per heavy atom. The molecule has 9 heteroatoms. The molecule has 5 rings (SSSR count). The lowest BCUT2D eigenvalue weighted by molar-refractivity contribution is 0.0209. The number of hydrogen-bond acceptors (Lipinski definition) is 6. The maximum absolute atomic E-state index is 15.2. The lowest BCUT2D eigenvalue weighted by atomic mass is 9.76. The van der Waals surface area contributed by atoms with Crippen LogP contribution >= 0.6 is 0 Å². The molecule has 2 aliphatic heterocycles. The smallest absolute Gasteiger partial charge is 0.343 e. The fraction of sp³-hybridized carbons (Fsp3) is 0.0476. The second-order valence-corrected chi connectivity index (χ2v) is 6.76. The summed E-state index contributed by atoms with van der Waals surface area (Å²) in [5.41, 5.74) is -3.59. The number of carboxylic acid groups (broad SMARTS) is 1. The summed E-state index contributed by atoms with van der Waals surface area (Å²) in [4.78, 5) is 24.4. The average Bonchev–Trinajstić information content (AvgIpc) is 2.99. The number of benzene rings is 3. The van der Waals surface area contributed by atoms with Crippen LogP contribution < -0.4 is 4.74 Å². The van der Waals surface area contributed by atoms with Gasteiger partial charge in [-0.3, -0.25) is 0 Å². The molecule has 1 unspecified atom stereocenters. The number of halogens is 2. The molecule has 1 spiro atoms. The Morgan fingerprint density at radius 3 is 2.47 bits per heavy atom. The molecule has 3 aromatic rings. The Bertz CT molecular complexity index is 1300. The number of hydrogen-bond donors (Lipinski definition) is 3. The molecule has 0 bridgehead atoms. The zero-order chi connectivity index (χ0) is 21.4. The van der Waals surface area contributed by atoms with Gasteiger partial charge in [0, 0.05) is 17.2 Å². The normalized spacial score (nSPS) is 18.3. The number of carbonyl (C=O) groups is 2. The van der Waals surface area contributed by atoms with Gasteiger partial charge in [0.15, 0.2) is 22.9 Å². The monoisotopic (exact) mass is 412 g/mol. The molecule has 150 valence electrons. The van der Waals surface area contributed by atoms with Gasteiger partial charge in [0.1, 0.15) is 17.1 Å². The Balaban J connectivity index is 2.01. The van der Waals surface area contributed by atoms with Crippen LogP contribution in [-0.4, -0.2) is 27.3 Å². The van der Waals surface area contributed by atoms with E-state index >= 15 is 4.39 Å². The van der Waals surface area contributed by atoms with Crippen molar-refractivity contribution in [1.29, 1.82) is 0 Å². The maximum Gasteiger partial charge on any atom is 0.343 e. The van der Waals surface area contributed by atoms with Gasteiger partial charge >= 0.3 is 11.9 Å². The van der Waals surface area contributed by atoms with Crippen LogP contribution in [0.15, 0.2) is 42.5 Å². The van der Waals surface area contributed by atoms with E-state index in [1.807, 2.05) is 0 Å². The van der Waals surface area contributed by atoms with E-state index in [0.717, 1.165) is 6.07 Å². The minimum Gasteiger partial charge on any atom is -0.508 e. The summed E-state index contributed by atoms with van der Waals surface area (Å²) in [7, 11) is 0. The lowest BCUT2D eigenvalue weighted by Gasteiger charge is -2.37. The molecular formula is C21H10F2O7. The molecule has 2 aliphatic rings. The number of carbonyl (C=O) groups excluding carboxylic acids is 1. The van der Waals surface area contributed by atoms with E-state index in [4.69, 9.17) is 9.47 Å². The lowest BCUT2D eigenvalue weighted by Crippen LogP contribution is -2.35. The highest BCUT2D eigenvalue weighted by molar-refractivity contribution is 5.99. The first-order valence-electron chi connectivity index (χ1n) is 8.59. The molecule has 0 radical (unpaired) electrons. The molecule has 2 heterocycles. The fourth-order valence-electron chi connectivity index (χ4n) is 4.00. The molecule has 0 aliphatic carbocycles. The summed E-state index contributed by atoms with van der Waals surface area (Å²) in [6, 6.07) is 9.62. The van der Waals surface area contributed by atoms with E-state index in [2.05, 4.69) is 0 Å². The van der Waals surface area contributed by atoms with Gasteiger partial charge in [0.2, 0.25) is 5.82 Å². The topological polar surface area (TPSA) is 113 Å². The van der Waals surface area contributed by atoms with Gasteiger partial charge in [-0.15, -0.1) is 0 Å². The summed E-state index contributed by atoms with van der Waals surface area (Å²) >= 11 is 0. The highest BCUT2D eigenvalue weighted by atomic mass is 19.2. The van der Waals surface area contributed by atoms with Crippen molar-refractivity contribution in [2.45, 2.75) is 5.60 Å². The Morgan fingerprint density at radius 1 is 1.00 bits per heavy atom. The molecule has 3 aromatic carbocycles. The summed E-state index contributed by atoms with van der Waals surface area (Å²) < 4.78 is 40.9. The summed E-state index contributed by atoms with van der Waals surface area (Å²) in [6.07, 6.45) is 0. The minimum atomic E-state index is -2.09. The number of rotatable bonds is 1. The number of esters is 1. The van der Waals surface area contributed by atoms with Crippen LogP contribution in [0.5, 0.6) is 23.0 Å². The number of carboxylic acids is 1. The third-order valence-electron chi connectivity index (χ3n) is 5.21.